The maximum Gasteiger partial charge on any atom is 0.266 e. The minimum Gasteiger partial charge on any atom is -0.504 e. The van der Waals surface area contributed by atoms with Crippen molar-refractivity contribution < 1.29 is 14.6 Å². The van der Waals surface area contributed by atoms with Gasteiger partial charge in [-0.1, -0.05) is 24.3 Å². The Kier molecular flexibility index (Phi) is 5.17. The van der Waals surface area contributed by atoms with Crippen molar-refractivity contribution in [2.45, 2.75) is 0 Å². The fourth-order valence-corrected chi connectivity index (χ4v) is 3.22. The van der Waals surface area contributed by atoms with Gasteiger partial charge in [-0.3, -0.25) is 14.3 Å². The van der Waals surface area contributed by atoms with Crippen molar-refractivity contribution in [2.75, 3.05) is 14.2 Å². The van der Waals surface area contributed by atoms with Crippen LogP contribution < -0.4 is 15.0 Å². The number of fused-ring (bicyclic) bond motifs is 1. The van der Waals surface area contributed by atoms with Crippen molar-refractivity contribution in [3.05, 3.63) is 82.7 Å². The van der Waals surface area contributed by atoms with Crippen LogP contribution in [0.2, 0.25) is 0 Å². The van der Waals surface area contributed by atoms with E-state index in [-0.39, 0.29) is 11.3 Å². The first-order chi connectivity index (χ1) is 14.6. The minimum absolute atomic E-state index is 0.00453. The van der Waals surface area contributed by atoms with E-state index in [1.54, 1.807) is 68.1 Å². The van der Waals surface area contributed by atoms with Gasteiger partial charge in [0.1, 0.15) is 11.6 Å². The average molecular weight is 401 g/mol. The number of nitrogens with zero attached hydrogens (tertiary/aromatic N) is 3. The van der Waals surface area contributed by atoms with E-state index in [4.69, 9.17) is 9.47 Å². The van der Waals surface area contributed by atoms with Gasteiger partial charge in [-0.2, -0.15) is 0 Å². The predicted octanol–water partition coefficient (Wildman–Crippen LogP) is 3.67. The molecule has 4 aromatic rings. The van der Waals surface area contributed by atoms with E-state index in [2.05, 4.69) is 9.97 Å². The van der Waals surface area contributed by atoms with Gasteiger partial charge in [0.05, 0.1) is 37.0 Å². The number of benzene rings is 2. The number of phenols is 1. The molecule has 0 unspecified atom stereocenters. The molecule has 2 aromatic carbocycles. The van der Waals surface area contributed by atoms with Crippen LogP contribution >= 0.6 is 0 Å². The molecule has 0 amide bonds. The van der Waals surface area contributed by atoms with Gasteiger partial charge >= 0.3 is 0 Å². The molecule has 0 radical (unpaired) electrons. The fraction of sp³-hybridized carbons (Fsp3) is 0.0870. The first kappa shape index (κ1) is 19.2. The van der Waals surface area contributed by atoms with Gasteiger partial charge in [0, 0.05) is 11.8 Å². The van der Waals surface area contributed by atoms with Crippen molar-refractivity contribution in [1.29, 1.82) is 0 Å². The standard InChI is InChI=1S/C23H19N3O4/c1-29-19-8-4-3-7-18(19)26-21(25-17-14-24-13-12-16(17)23(26)28)11-10-15-6-5-9-20(30-2)22(15)27/h3-14,27H,1-2H3/b11-10+. The molecule has 0 aliphatic carbocycles. The molecular weight excluding hydrogens is 382 g/mol. The minimum atomic E-state index is -0.249. The van der Waals surface area contributed by atoms with Gasteiger partial charge in [-0.25, -0.2) is 4.98 Å². The van der Waals surface area contributed by atoms with Crippen molar-refractivity contribution in [2.24, 2.45) is 0 Å². The molecule has 2 aromatic heterocycles. The Morgan fingerprint density at radius 2 is 1.73 bits per heavy atom. The second kappa shape index (κ2) is 8.08. The van der Waals surface area contributed by atoms with Gasteiger partial charge in [0.25, 0.3) is 5.56 Å². The molecule has 2 heterocycles. The van der Waals surface area contributed by atoms with Crippen LogP contribution in [0.4, 0.5) is 0 Å². The van der Waals surface area contributed by atoms with Gasteiger partial charge in [-0.15, -0.1) is 0 Å². The lowest BCUT2D eigenvalue weighted by molar-refractivity contribution is 0.373. The van der Waals surface area contributed by atoms with Crippen LogP contribution in [0.15, 0.2) is 65.7 Å². The van der Waals surface area contributed by atoms with Crippen LogP contribution in [-0.4, -0.2) is 33.9 Å². The maximum atomic E-state index is 13.3. The monoisotopic (exact) mass is 401 g/mol. The molecule has 7 nitrogen and oxygen atoms in total. The number of hydrogen-bond acceptors (Lipinski definition) is 6. The van der Waals surface area contributed by atoms with Crippen LogP contribution in [0.25, 0.3) is 28.7 Å². The first-order valence-electron chi connectivity index (χ1n) is 9.18. The highest BCUT2D eigenvalue weighted by Gasteiger charge is 2.15. The molecular formula is C23H19N3O4. The van der Waals surface area contributed by atoms with E-state index in [0.717, 1.165) is 0 Å². The number of rotatable bonds is 5. The highest BCUT2D eigenvalue weighted by molar-refractivity contribution is 5.80. The van der Waals surface area contributed by atoms with Crippen molar-refractivity contribution in [1.82, 2.24) is 14.5 Å². The van der Waals surface area contributed by atoms with E-state index in [1.807, 2.05) is 12.1 Å². The first-order valence-corrected chi connectivity index (χ1v) is 9.18. The Labute approximate surface area is 172 Å². The smallest absolute Gasteiger partial charge is 0.266 e. The number of pyridine rings is 1. The Morgan fingerprint density at radius 1 is 0.967 bits per heavy atom. The summed E-state index contributed by atoms with van der Waals surface area (Å²) in [5.74, 6) is 1.26. The summed E-state index contributed by atoms with van der Waals surface area (Å²) in [6.45, 7) is 0. The van der Waals surface area contributed by atoms with Crippen LogP contribution in [0.5, 0.6) is 17.2 Å². The number of ether oxygens (including phenoxy) is 2. The van der Waals surface area contributed by atoms with Crippen LogP contribution in [0.1, 0.15) is 11.4 Å². The van der Waals surface area contributed by atoms with Crippen molar-refractivity contribution >= 4 is 23.1 Å². The second-order valence-corrected chi connectivity index (χ2v) is 6.41. The average Bonchev–Trinajstić information content (AvgIpc) is 2.78. The molecule has 1 N–H and O–H groups in total. The Morgan fingerprint density at radius 3 is 2.53 bits per heavy atom. The number of methoxy groups -OCH3 is 2. The topological polar surface area (TPSA) is 86.5 Å². The summed E-state index contributed by atoms with van der Waals surface area (Å²) < 4.78 is 12.1. The summed E-state index contributed by atoms with van der Waals surface area (Å²) in [7, 11) is 3.03. The largest absolute Gasteiger partial charge is 0.504 e. The number of phenolic OH excluding ortho intramolecular Hbond substituents is 1. The van der Waals surface area contributed by atoms with Crippen LogP contribution in [-0.2, 0) is 0 Å². The molecule has 0 spiro atoms. The molecule has 0 saturated heterocycles. The molecule has 0 saturated carbocycles. The van der Waals surface area contributed by atoms with Gasteiger partial charge < -0.3 is 14.6 Å². The fourth-order valence-electron chi connectivity index (χ4n) is 3.22. The lowest BCUT2D eigenvalue weighted by Crippen LogP contribution is -2.23. The molecule has 30 heavy (non-hydrogen) atoms. The SMILES string of the molecule is COc1ccccc1-n1c(/C=C/c2cccc(OC)c2O)nc2cnccc2c1=O. The molecule has 0 bridgehead atoms. The molecule has 0 atom stereocenters. The lowest BCUT2D eigenvalue weighted by atomic mass is 10.1. The molecule has 7 heteroatoms. The third-order valence-electron chi connectivity index (χ3n) is 4.69. The van der Waals surface area contributed by atoms with Crippen molar-refractivity contribution in [3.8, 4) is 22.9 Å². The normalized spacial score (nSPS) is 11.1. The lowest BCUT2D eigenvalue weighted by Gasteiger charge is -2.14. The summed E-state index contributed by atoms with van der Waals surface area (Å²) in [4.78, 5) is 22.0. The predicted molar refractivity (Wildman–Crippen MR) is 115 cm³/mol. The van der Waals surface area contributed by atoms with Crippen molar-refractivity contribution in [3.63, 3.8) is 0 Å². The summed E-state index contributed by atoms with van der Waals surface area (Å²) in [5.41, 5.74) is 1.32. The number of aromatic nitrogens is 3. The molecule has 4 rings (SSSR count). The molecule has 0 aliphatic rings. The summed E-state index contributed by atoms with van der Waals surface area (Å²) in [5, 5.41) is 10.8. The van der Waals surface area contributed by atoms with E-state index < -0.39 is 0 Å². The van der Waals surface area contributed by atoms with Crippen LogP contribution in [0.3, 0.4) is 0 Å². The third kappa shape index (κ3) is 3.37. The van der Waals surface area contributed by atoms with E-state index >= 15 is 0 Å². The highest BCUT2D eigenvalue weighted by atomic mass is 16.5. The Hall–Kier alpha value is -4.13. The van der Waals surface area contributed by atoms with Gasteiger partial charge in [-0.05, 0) is 36.4 Å². The van der Waals surface area contributed by atoms with E-state index in [1.165, 1.54) is 11.7 Å². The van der Waals surface area contributed by atoms with E-state index in [9.17, 15) is 9.90 Å². The maximum absolute atomic E-state index is 13.3. The Bertz CT molecular complexity index is 1310. The zero-order chi connectivity index (χ0) is 21.1. The summed E-state index contributed by atoms with van der Waals surface area (Å²) in [6.07, 6.45) is 6.44. The zero-order valence-electron chi connectivity index (χ0n) is 16.4. The van der Waals surface area contributed by atoms with E-state index in [0.29, 0.717) is 39.5 Å². The third-order valence-corrected chi connectivity index (χ3v) is 4.69. The quantitative estimate of drug-likeness (QED) is 0.549. The van der Waals surface area contributed by atoms with Gasteiger partial charge in [0.15, 0.2) is 11.5 Å². The Balaban J connectivity index is 1.96. The highest BCUT2D eigenvalue weighted by Crippen LogP contribution is 2.31. The summed E-state index contributed by atoms with van der Waals surface area (Å²) >= 11 is 0. The van der Waals surface area contributed by atoms with Gasteiger partial charge in [0.2, 0.25) is 0 Å². The number of hydrogen-bond donors (Lipinski definition) is 1. The molecule has 150 valence electrons. The number of para-hydroxylation sites is 3. The van der Waals surface area contributed by atoms with Crippen LogP contribution in [0, 0.1) is 0 Å². The zero-order valence-corrected chi connectivity index (χ0v) is 16.4. The molecule has 0 fully saturated rings. The number of aromatic hydroxyl groups is 1. The summed E-state index contributed by atoms with van der Waals surface area (Å²) in [6, 6.07) is 14.0. The molecule has 0 aliphatic heterocycles. The second-order valence-electron chi connectivity index (χ2n) is 6.41.